The lowest BCUT2D eigenvalue weighted by Crippen LogP contribution is -2.43. The number of aromatic nitrogens is 2. The zero-order valence-electron chi connectivity index (χ0n) is 16.0. The molecule has 0 spiro atoms. The van der Waals surface area contributed by atoms with Gasteiger partial charge < -0.3 is 21.3 Å². The molecule has 1 aliphatic carbocycles. The predicted molar refractivity (Wildman–Crippen MR) is 112 cm³/mol. The summed E-state index contributed by atoms with van der Waals surface area (Å²) in [6, 6.07) is 5.32. The first-order chi connectivity index (χ1) is 13.5. The summed E-state index contributed by atoms with van der Waals surface area (Å²) in [5.41, 5.74) is 9.54. The van der Waals surface area contributed by atoms with Crippen LogP contribution in [0.4, 0.5) is 23.1 Å². The van der Waals surface area contributed by atoms with Crippen molar-refractivity contribution in [2.24, 2.45) is 5.92 Å². The van der Waals surface area contributed by atoms with Gasteiger partial charge in [0, 0.05) is 42.1 Å². The lowest BCUT2D eigenvalue weighted by Gasteiger charge is -2.34. The van der Waals surface area contributed by atoms with Gasteiger partial charge in [-0.3, -0.25) is 4.79 Å². The van der Waals surface area contributed by atoms with E-state index >= 15 is 0 Å². The van der Waals surface area contributed by atoms with E-state index in [4.69, 9.17) is 27.3 Å². The molecule has 2 heterocycles. The fourth-order valence-corrected chi connectivity index (χ4v) is 4.37. The summed E-state index contributed by atoms with van der Waals surface area (Å²) in [7, 11) is 1.70. The smallest absolute Gasteiger partial charge is 0.229 e. The quantitative estimate of drug-likeness (QED) is 0.683. The first kappa shape index (κ1) is 18.8. The summed E-state index contributed by atoms with van der Waals surface area (Å²) in [5.74, 6) is 1.59. The van der Waals surface area contributed by atoms with Gasteiger partial charge in [0.2, 0.25) is 11.9 Å². The van der Waals surface area contributed by atoms with Gasteiger partial charge in [0.25, 0.3) is 0 Å². The molecule has 4 rings (SSSR count). The fourth-order valence-electron chi connectivity index (χ4n) is 4.13. The van der Waals surface area contributed by atoms with Crippen LogP contribution in [0.25, 0.3) is 0 Å². The Morgan fingerprint density at radius 2 is 2.11 bits per heavy atom. The Bertz CT molecular complexity index is 882. The molecule has 7 nitrogen and oxygen atoms in total. The minimum Gasteiger partial charge on any atom is -0.399 e. The molecule has 4 N–H and O–H groups in total. The van der Waals surface area contributed by atoms with Crippen molar-refractivity contribution in [3.63, 3.8) is 0 Å². The van der Waals surface area contributed by atoms with E-state index in [9.17, 15) is 4.79 Å². The molecule has 148 valence electrons. The van der Waals surface area contributed by atoms with Crippen molar-refractivity contribution in [1.82, 2.24) is 15.3 Å². The summed E-state index contributed by atoms with van der Waals surface area (Å²) in [4.78, 5) is 23.9. The third-order valence-corrected chi connectivity index (χ3v) is 5.64. The van der Waals surface area contributed by atoms with E-state index in [1.54, 1.807) is 19.2 Å². The number of fused-ring (bicyclic) bond motifs is 1. The van der Waals surface area contributed by atoms with E-state index in [0.717, 1.165) is 55.8 Å². The van der Waals surface area contributed by atoms with Crippen LogP contribution in [-0.4, -0.2) is 36.0 Å². The molecule has 0 radical (unpaired) electrons. The van der Waals surface area contributed by atoms with Crippen LogP contribution in [0.1, 0.15) is 30.5 Å². The molecule has 1 atom stereocenters. The number of amides is 1. The minimum absolute atomic E-state index is 0.00472. The molecule has 1 aromatic carbocycles. The van der Waals surface area contributed by atoms with Crippen molar-refractivity contribution < 1.29 is 4.79 Å². The van der Waals surface area contributed by atoms with Gasteiger partial charge >= 0.3 is 0 Å². The van der Waals surface area contributed by atoms with Crippen LogP contribution in [0, 0.1) is 5.92 Å². The molecule has 0 bridgehead atoms. The molecule has 1 aromatic heterocycles. The third kappa shape index (κ3) is 3.85. The Morgan fingerprint density at radius 3 is 2.89 bits per heavy atom. The standard InChI is InChI=1S/C20H25ClN6O/c1-23-19(28)12-4-3-7-27(11-12)18-16-5-2-6-17(16)25-20(26-18)24-15-9-13(21)8-14(22)10-15/h8-10,12H,2-7,11,22H2,1H3,(H,23,28)(H,24,25,26). The topological polar surface area (TPSA) is 96.2 Å². The molecule has 2 aliphatic rings. The number of halogens is 1. The number of nitrogens with two attached hydrogens (primary N) is 1. The number of hydrogen-bond acceptors (Lipinski definition) is 6. The number of piperidine rings is 1. The van der Waals surface area contributed by atoms with Gasteiger partial charge in [0.05, 0.1) is 11.6 Å². The highest BCUT2D eigenvalue weighted by Gasteiger charge is 2.29. The molecular weight excluding hydrogens is 376 g/mol. The number of rotatable bonds is 4. The third-order valence-electron chi connectivity index (χ3n) is 5.43. The van der Waals surface area contributed by atoms with Crippen LogP contribution in [0.15, 0.2) is 18.2 Å². The normalized spacial score (nSPS) is 18.6. The highest BCUT2D eigenvalue weighted by molar-refractivity contribution is 6.31. The number of nitrogens with one attached hydrogen (secondary N) is 2. The van der Waals surface area contributed by atoms with Crippen LogP contribution in [0.3, 0.4) is 0 Å². The van der Waals surface area contributed by atoms with Crippen LogP contribution in [0.2, 0.25) is 5.02 Å². The summed E-state index contributed by atoms with van der Waals surface area (Å²) < 4.78 is 0. The van der Waals surface area contributed by atoms with Crippen LogP contribution in [0.5, 0.6) is 0 Å². The largest absolute Gasteiger partial charge is 0.399 e. The van der Waals surface area contributed by atoms with Crippen LogP contribution < -0.4 is 21.3 Å². The number of anilines is 4. The Hall–Kier alpha value is -2.54. The second-order valence-corrected chi connectivity index (χ2v) is 7.88. The Morgan fingerprint density at radius 1 is 1.25 bits per heavy atom. The summed E-state index contributed by atoms with van der Waals surface area (Å²) >= 11 is 6.12. The first-order valence-electron chi connectivity index (χ1n) is 9.73. The van der Waals surface area contributed by atoms with Gasteiger partial charge in [0.1, 0.15) is 5.82 Å². The van der Waals surface area contributed by atoms with Crippen LogP contribution >= 0.6 is 11.6 Å². The minimum atomic E-state index is -0.00472. The molecule has 1 fully saturated rings. The van der Waals surface area contributed by atoms with E-state index in [2.05, 4.69) is 15.5 Å². The Balaban J connectivity index is 1.65. The fraction of sp³-hybridized carbons (Fsp3) is 0.450. The van der Waals surface area contributed by atoms with Crippen molar-refractivity contribution in [2.45, 2.75) is 32.1 Å². The van der Waals surface area contributed by atoms with Crippen molar-refractivity contribution in [2.75, 3.05) is 36.1 Å². The number of carbonyl (C=O) groups is 1. The maximum Gasteiger partial charge on any atom is 0.229 e. The van der Waals surface area contributed by atoms with Gasteiger partial charge in [-0.2, -0.15) is 4.98 Å². The summed E-state index contributed by atoms with van der Waals surface area (Å²) in [5, 5.41) is 6.59. The average molecular weight is 401 g/mol. The SMILES string of the molecule is CNC(=O)C1CCCN(c2nc(Nc3cc(N)cc(Cl)c3)nc3c2CCC3)C1. The molecule has 1 amide bonds. The highest BCUT2D eigenvalue weighted by atomic mass is 35.5. The van der Waals surface area contributed by atoms with Crippen molar-refractivity contribution in [3.05, 3.63) is 34.5 Å². The number of benzene rings is 1. The molecule has 8 heteroatoms. The lowest BCUT2D eigenvalue weighted by molar-refractivity contribution is -0.124. The molecule has 1 unspecified atom stereocenters. The number of hydrogen-bond donors (Lipinski definition) is 3. The second-order valence-electron chi connectivity index (χ2n) is 7.45. The zero-order chi connectivity index (χ0) is 19.7. The van der Waals surface area contributed by atoms with E-state index < -0.39 is 0 Å². The maximum atomic E-state index is 12.1. The number of aryl methyl sites for hydroxylation is 1. The van der Waals surface area contributed by atoms with Gasteiger partial charge in [-0.25, -0.2) is 4.98 Å². The second kappa shape index (κ2) is 7.83. The molecule has 2 aromatic rings. The van der Waals surface area contributed by atoms with Crippen molar-refractivity contribution in [3.8, 4) is 0 Å². The Kier molecular flexibility index (Phi) is 5.26. The molecule has 1 aliphatic heterocycles. The number of nitrogens with zero attached hydrogens (tertiary/aromatic N) is 3. The average Bonchev–Trinajstić information content (AvgIpc) is 3.14. The Labute approximate surface area is 169 Å². The van der Waals surface area contributed by atoms with Crippen molar-refractivity contribution in [1.29, 1.82) is 0 Å². The van der Waals surface area contributed by atoms with Crippen molar-refractivity contribution >= 4 is 40.6 Å². The molecule has 1 saturated heterocycles. The summed E-state index contributed by atoms with van der Waals surface area (Å²) in [6.45, 7) is 1.59. The summed E-state index contributed by atoms with van der Waals surface area (Å²) in [6.07, 6.45) is 4.90. The highest BCUT2D eigenvalue weighted by Crippen LogP contribution is 2.33. The lowest BCUT2D eigenvalue weighted by atomic mass is 9.97. The van der Waals surface area contributed by atoms with Gasteiger partial charge in [-0.05, 0) is 50.3 Å². The van der Waals surface area contributed by atoms with Gasteiger partial charge in [-0.1, -0.05) is 11.6 Å². The molecule has 0 saturated carbocycles. The van der Waals surface area contributed by atoms with Crippen LogP contribution in [-0.2, 0) is 17.6 Å². The predicted octanol–water partition coefficient (Wildman–Crippen LogP) is 2.91. The van der Waals surface area contributed by atoms with E-state index in [1.165, 1.54) is 5.56 Å². The number of nitrogen functional groups attached to an aromatic ring is 1. The number of carbonyl (C=O) groups excluding carboxylic acids is 1. The monoisotopic (exact) mass is 400 g/mol. The molecule has 28 heavy (non-hydrogen) atoms. The zero-order valence-corrected chi connectivity index (χ0v) is 16.7. The first-order valence-corrected chi connectivity index (χ1v) is 10.1. The van der Waals surface area contributed by atoms with Gasteiger partial charge in [0.15, 0.2) is 0 Å². The van der Waals surface area contributed by atoms with E-state index in [0.29, 0.717) is 23.2 Å². The van der Waals surface area contributed by atoms with E-state index in [-0.39, 0.29) is 11.8 Å². The molecular formula is C20H25ClN6O. The van der Waals surface area contributed by atoms with E-state index in [1.807, 2.05) is 6.07 Å². The maximum absolute atomic E-state index is 12.1. The van der Waals surface area contributed by atoms with Gasteiger partial charge in [-0.15, -0.1) is 0 Å².